The van der Waals surface area contributed by atoms with Crippen molar-refractivity contribution in [2.45, 2.75) is 12.3 Å². The molecule has 0 aliphatic rings. The lowest BCUT2D eigenvalue weighted by molar-refractivity contribution is 0.626. The van der Waals surface area contributed by atoms with E-state index in [4.69, 9.17) is 23.2 Å². The highest BCUT2D eigenvalue weighted by Crippen LogP contribution is 2.23. The summed E-state index contributed by atoms with van der Waals surface area (Å²) in [6.07, 6.45) is 0.986. The van der Waals surface area contributed by atoms with Crippen LogP contribution in [0.4, 0.5) is 0 Å². The smallest absolute Gasteiger partial charge is 0.0406 e. The molecule has 1 unspecified atom stereocenters. The highest BCUT2D eigenvalue weighted by atomic mass is 35.5. The fourth-order valence-electron chi connectivity index (χ4n) is 2.19. The molecule has 19 heavy (non-hydrogen) atoms. The van der Waals surface area contributed by atoms with Gasteiger partial charge in [0.1, 0.15) is 0 Å². The van der Waals surface area contributed by atoms with Crippen LogP contribution in [-0.2, 0) is 6.42 Å². The SMILES string of the molecule is CNCC(Cc1ccc(Cl)cc1)c1ccc(Cl)cc1. The number of benzene rings is 2. The maximum atomic E-state index is 5.94. The van der Waals surface area contributed by atoms with Gasteiger partial charge in [0, 0.05) is 22.5 Å². The van der Waals surface area contributed by atoms with Crippen molar-refractivity contribution in [3.05, 3.63) is 69.7 Å². The van der Waals surface area contributed by atoms with Crippen LogP contribution in [0.15, 0.2) is 48.5 Å². The molecule has 0 saturated carbocycles. The van der Waals surface area contributed by atoms with E-state index in [0.29, 0.717) is 5.92 Å². The zero-order chi connectivity index (χ0) is 13.7. The Morgan fingerprint density at radius 3 is 1.95 bits per heavy atom. The summed E-state index contributed by atoms with van der Waals surface area (Å²) in [6.45, 7) is 0.935. The van der Waals surface area contributed by atoms with Gasteiger partial charge in [0.05, 0.1) is 0 Å². The lowest BCUT2D eigenvalue weighted by Crippen LogP contribution is -2.19. The molecule has 2 aromatic rings. The van der Waals surface area contributed by atoms with E-state index >= 15 is 0 Å². The van der Waals surface area contributed by atoms with Crippen LogP contribution in [-0.4, -0.2) is 13.6 Å². The molecule has 0 saturated heterocycles. The molecule has 0 fully saturated rings. The van der Waals surface area contributed by atoms with Crippen molar-refractivity contribution < 1.29 is 0 Å². The normalized spacial score (nSPS) is 12.4. The third-order valence-electron chi connectivity index (χ3n) is 3.19. The quantitative estimate of drug-likeness (QED) is 0.853. The highest BCUT2D eigenvalue weighted by Gasteiger charge is 2.11. The molecule has 2 aromatic carbocycles. The maximum Gasteiger partial charge on any atom is 0.0406 e. The summed E-state index contributed by atoms with van der Waals surface area (Å²) in [7, 11) is 1.98. The van der Waals surface area contributed by atoms with Crippen LogP contribution < -0.4 is 5.32 Å². The standard InChI is InChI=1S/C16H17Cl2N/c1-19-11-14(13-4-8-16(18)9-5-13)10-12-2-6-15(17)7-3-12/h2-9,14,19H,10-11H2,1H3. The Kier molecular flexibility index (Phi) is 5.26. The molecule has 3 heteroatoms. The molecule has 1 N–H and O–H groups in total. The van der Waals surface area contributed by atoms with Crippen molar-refractivity contribution in [3.63, 3.8) is 0 Å². The zero-order valence-electron chi connectivity index (χ0n) is 10.9. The molecular formula is C16H17Cl2N. The van der Waals surface area contributed by atoms with Gasteiger partial charge in [0.2, 0.25) is 0 Å². The topological polar surface area (TPSA) is 12.0 Å². The van der Waals surface area contributed by atoms with Crippen molar-refractivity contribution in [2.24, 2.45) is 0 Å². The molecule has 0 aliphatic carbocycles. The second-order valence-electron chi connectivity index (χ2n) is 4.64. The molecule has 0 radical (unpaired) electrons. The lowest BCUT2D eigenvalue weighted by Gasteiger charge is -2.17. The predicted molar refractivity (Wildman–Crippen MR) is 83.3 cm³/mol. The minimum Gasteiger partial charge on any atom is -0.319 e. The first-order valence-corrected chi connectivity index (χ1v) is 7.09. The van der Waals surface area contributed by atoms with Gasteiger partial charge in [-0.3, -0.25) is 0 Å². The van der Waals surface area contributed by atoms with Crippen LogP contribution in [0.2, 0.25) is 10.0 Å². The van der Waals surface area contributed by atoms with E-state index in [1.165, 1.54) is 11.1 Å². The first-order chi connectivity index (χ1) is 9.19. The van der Waals surface area contributed by atoms with E-state index in [1.54, 1.807) is 0 Å². The fraction of sp³-hybridized carbons (Fsp3) is 0.250. The molecule has 1 atom stereocenters. The van der Waals surface area contributed by atoms with E-state index < -0.39 is 0 Å². The van der Waals surface area contributed by atoms with Gasteiger partial charge in [-0.25, -0.2) is 0 Å². The van der Waals surface area contributed by atoms with Crippen molar-refractivity contribution in [3.8, 4) is 0 Å². The number of hydrogen-bond donors (Lipinski definition) is 1. The minimum absolute atomic E-state index is 0.434. The molecular weight excluding hydrogens is 277 g/mol. The molecule has 0 amide bonds. The Balaban J connectivity index is 2.15. The van der Waals surface area contributed by atoms with Gasteiger partial charge in [-0.1, -0.05) is 47.5 Å². The molecule has 0 bridgehead atoms. The fourth-order valence-corrected chi connectivity index (χ4v) is 2.45. The summed E-state index contributed by atoms with van der Waals surface area (Å²) < 4.78 is 0. The van der Waals surface area contributed by atoms with Crippen molar-refractivity contribution in [1.29, 1.82) is 0 Å². The molecule has 0 spiro atoms. The van der Waals surface area contributed by atoms with E-state index in [1.807, 2.05) is 31.3 Å². The summed E-state index contributed by atoms with van der Waals surface area (Å²) >= 11 is 11.9. The van der Waals surface area contributed by atoms with Gasteiger partial charge >= 0.3 is 0 Å². The van der Waals surface area contributed by atoms with Crippen LogP contribution in [0.3, 0.4) is 0 Å². The highest BCUT2D eigenvalue weighted by molar-refractivity contribution is 6.30. The molecule has 100 valence electrons. The summed E-state index contributed by atoms with van der Waals surface area (Å²) in [5.74, 6) is 0.434. The second kappa shape index (κ2) is 6.95. The van der Waals surface area contributed by atoms with Crippen LogP contribution >= 0.6 is 23.2 Å². The van der Waals surface area contributed by atoms with Crippen LogP contribution in [0, 0.1) is 0 Å². The van der Waals surface area contributed by atoms with Gasteiger partial charge in [-0.2, -0.15) is 0 Å². The molecule has 2 rings (SSSR count). The largest absolute Gasteiger partial charge is 0.319 e. The van der Waals surface area contributed by atoms with E-state index in [-0.39, 0.29) is 0 Å². The minimum atomic E-state index is 0.434. The van der Waals surface area contributed by atoms with Crippen molar-refractivity contribution in [1.82, 2.24) is 5.32 Å². The summed E-state index contributed by atoms with van der Waals surface area (Å²) in [4.78, 5) is 0. The lowest BCUT2D eigenvalue weighted by atomic mass is 9.92. The van der Waals surface area contributed by atoms with Gasteiger partial charge in [-0.05, 0) is 48.9 Å². The van der Waals surface area contributed by atoms with Crippen molar-refractivity contribution >= 4 is 23.2 Å². The van der Waals surface area contributed by atoms with E-state index in [0.717, 1.165) is 23.0 Å². The van der Waals surface area contributed by atoms with Crippen LogP contribution in [0.25, 0.3) is 0 Å². The monoisotopic (exact) mass is 293 g/mol. The number of halogens is 2. The zero-order valence-corrected chi connectivity index (χ0v) is 12.4. The molecule has 0 aliphatic heterocycles. The Morgan fingerprint density at radius 1 is 0.895 bits per heavy atom. The Labute approximate surface area is 124 Å². The number of likely N-dealkylation sites (N-methyl/N-ethyl adjacent to an activating group) is 1. The average Bonchev–Trinajstić information content (AvgIpc) is 2.42. The van der Waals surface area contributed by atoms with Crippen LogP contribution in [0.1, 0.15) is 17.0 Å². The number of nitrogens with one attached hydrogen (secondary N) is 1. The van der Waals surface area contributed by atoms with Crippen molar-refractivity contribution in [2.75, 3.05) is 13.6 Å². The van der Waals surface area contributed by atoms with Gasteiger partial charge in [-0.15, -0.1) is 0 Å². The maximum absolute atomic E-state index is 5.94. The summed E-state index contributed by atoms with van der Waals surface area (Å²) in [5, 5.41) is 4.81. The molecule has 0 aromatic heterocycles. The van der Waals surface area contributed by atoms with E-state index in [2.05, 4.69) is 29.6 Å². The van der Waals surface area contributed by atoms with Crippen LogP contribution in [0.5, 0.6) is 0 Å². The second-order valence-corrected chi connectivity index (χ2v) is 5.51. The third-order valence-corrected chi connectivity index (χ3v) is 3.69. The summed E-state index contributed by atoms with van der Waals surface area (Å²) in [5.41, 5.74) is 2.59. The Hall–Kier alpha value is -1.02. The first kappa shape index (κ1) is 14.4. The number of rotatable bonds is 5. The first-order valence-electron chi connectivity index (χ1n) is 6.33. The summed E-state index contributed by atoms with van der Waals surface area (Å²) in [6, 6.07) is 16.1. The Bertz CT molecular complexity index is 505. The number of hydrogen-bond acceptors (Lipinski definition) is 1. The third kappa shape index (κ3) is 4.24. The molecule has 0 heterocycles. The Morgan fingerprint density at radius 2 is 1.42 bits per heavy atom. The average molecular weight is 294 g/mol. The van der Waals surface area contributed by atoms with Gasteiger partial charge < -0.3 is 5.32 Å². The van der Waals surface area contributed by atoms with Gasteiger partial charge in [0.25, 0.3) is 0 Å². The predicted octanol–water partition coefficient (Wildman–Crippen LogP) is 4.54. The van der Waals surface area contributed by atoms with Gasteiger partial charge in [0.15, 0.2) is 0 Å². The van der Waals surface area contributed by atoms with E-state index in [9.17, 15) is 0 Å². The molecule has 1 nitrogen and oxygen atoms in total.